The van der Waals surface area contributed by atoms with Gasteiger partial charge in [-0.3, -0.25) is 4.79 Å². The van der Waals surface area contributed by atoms with Gasteiger partial charge in [-0.05, 0) is 43.4 Å². The predicted molar refractivity (Wildman–Crippen MR) is 98.6 cm³/mol. The lowest BCUT2D eigenvalue weighted by atomic mass is 10.2. The van der Waals surface area contributed by atoms with Crippen molar-refractivity contribution in [3.63, 3.8) is 0 Å². The van der Waals surface area contributed by atoms with Crippen LogP contribution in [0.4, 0.5) is 4.39 Å². The van der Waals surface area contributed by atoms with Crippen molar-refractivity contribution in [2.45, 2.75) is 43.0 Å². The Morgan fingerprint density at radius 1 is 1.24 bits per heavy atom. The van der Waals surface area contributed by atoms with Crippen LogP contribution in [0.5, 0.6) is 0 Å². The van der Waals surface area contributed by atoms with Crippen molar-refractivity contribution in [2.24, 2.45) is 0 Å². The van der Waals surface area contributed by atoms with E-state index in [4.69, 9.17) is 0 Å². The van der Waals surface area contributed by atoms with Crippen molar-refractivity contribution >= 4 is 27.7 Å². The molecule has 0 saturated carbocycles. The van der Waals surface area contributed by atoms with Crippen molar-refractivity contribution in [2.75, 3.05) is 25.1 Å². The Bertz CT molecular complexity index is 674. The molecular weight excluding hydrogens is 363 g/mol. The SMILES string of the molecule is CSCC[C@@H](NS(=O)(=O)c1ccccc1F)C(=O)N1CCCCCC1. The number of carbonyl (C=O) groups excluding carboxylic acids is 1. The van der Waals surface area contributed by atoms with Crippen LogP contribution in [0.25, 0.3) is 0 Å². The van der Waals surface area contributed by atoms with Crippen LogP contribution in [0, 0.1) is 5.82 Å². The van der Waals surface area contributed by atoms with Gasteiger partial charge in [0.1, 0.15) is 16.8 Å². The van der Waals surface area contributed by atoms with Gasteiger partial charge < -0.3 is 4.90 Å². The third-order valence-electron chi connectivity index (χ3n) is 4.25. The first kappa shape index (κ1) is 20.2. The molecule has 25 heavy (non-hydrogen) atoms. The van der Waals surface area contributed by atoms with Crippen LogP contribution in [-0.2, 0) is 14.8 Å². The first-order valence-electron chi connectivity index (χ1n) is 8.50. The molecule has 1 saturated heterocycles. The molecule has 0 aromatic heterocycles. The second-order valence-corrected chi connectivity index (χ2v) is 8.79. The van der Waals surface area contributed by atoms with Crippen LogP contribution in [0.15, 0.2) is 29.2 Å². The van der Waals surface area contributed by atoms with Gasteiger partial charge in [0.05, 0.1) is 0 Å². The van der Waals surface area contributed by atoms with Crippen molar-refractivity contribution in [3.05, 3.63) is 30.1 Å². The molecule has 1 N–H and O–H groups in total. The van der Waals surface area contributed by atoms with E-state index in [0.29, 0.717) is 25.3 Å². The van der Waals surface area contributed by atoms with E-state index >= 15 is 0 Å². The fourth-order valence-corrected chi connectivity index (χ4v) is 4.67. The molecule has 0 unspecified atom stereocenters. The number of benzene rings is 1. The second-order valence-electron chi connectivity index (χ2n) is 6.13. The Hall–Kier alpha value is -1.12. The highest BCUT2D eigenvalue weighted by Gasteiger charge is 2.30. The van der Waals surface area contributed by atoms with Crippen LogP contribution in [-0.4, -0.2) is 50.4 Å². The van der Waals surface area contributed by atoms with Gasteiger partial charge >= 0.3 is 0 Å². The fraction of sp³-hybridized carbons (Fsp3) is 0.588. The Morgan fingerprint density at radius 2 is 1.88 bits per heavy atom. The Morgan fingerprint density at radius 3 is 2.48 bits per heavy atom. The molecule has 1 atom stereocenters. The highest BCUT2D eigenvalue weighted by atomic mass is 32.2. The maximum absolute atomic E-state index is 13.9. The summed E-state index contributed by atoms with van der Waals surface area (Å²) in [5, 5.41) is 0. The minimum absolute atomic E-state index is 0.212. The average molecular weight is 389 g/mol. The molecule has 1 aromatic rings. The van der Waals surface area contributed by atoms with Gasteiger partial charge in [-0.25, -0.2) is 12.8 Å². The molecule has 1 aliphatic heterocycles. The van der Waals surface area contributed by atoms with Crippen molar-refractivity contribution in [1.29, 1.82) is 0 Å². The normalized spacial score (nSPS) is 17.1. The highest BCUT2D eigenvalue weighted by Crippen LogP contribution is 2.17. The minimum atomic E-state index is -4.10. The smallest absolute Gasteiger partial charge is 0.244 e. The third-order valence-corrected chi connectivity index (χ3v) is 6.40. The van der Waals surface area contributed by atoms with E-state index in [1.807, 2.05) is 6.26 Å². The number of likely N-dealkylation sites (tertiary alicyclic amines) is 1. The van der Waals surface area contributed by atoms with E-state index in [2.05, 4.69) is 4.72 Å². The van der Waals surface area contributed by atoms with E-state index in [1.165, 1.54) is 18.2 Å². The van der Waals surface area contributed by atoms with Gasteiger partial charge in [0.2, 0.25) is 15.9 Å². The number of carbonyl (C=O) groups is 1. The third kappa shape index (κ3) is 5.69. The molecule has 1 heterocycles. The molecule has 2 rings (SSSR count). The second kappa shape index (κ2) is 9.54. The standard InChI is InChI=1S/C17H25FN2O3S2/c1-24-13-10-15(17(21)20-11-6-2-3-7-12-20)19-25(22,23)16-9-5-4-8-14(16)18/h4-5,8-9,15,19H,2-3,6-7,10-13H2,1H3/t15-/m1/s1. The predicted octanol–water partition coefficient (Wildman–Crippen LogP) is 2.63. The molecule has 140 valence electrons. The van der Waals surface area contributed by atoms with Crippen molar-refractivity contribution < 1.29 is 17.6 Å². The molecule has 8 heteroatoms. The van der Waals surface area contributed by atoms with Gasteiger partial charge in [-0.15, -0.1) is 0 Å². The summed E-state index contributed by atoms with van der Waals surface area (Å²) in [5.74, 6) is -0.388. The number of rotatable bonds is 7. The molecule has 0 radical (unpaired) electrons. The first-order valence-corrected chi connectivity index (χ1v) is 11.4. The van der Waals surface area contributed by atoms with E-state index in [-0.39, 0.29) is 5.91 Å². The Kier molecular flexibility index (Phi) is 7.71. The van der Waals surface area contributed by atoms with Crippen LogP contribution in [0.1, 0.15) is 32.1 Å². The number of amides is 1. The summed E-state index contributed by atoms with van der Waals surface area (Å²) in [6.45, 7) is 1.30. The van der Waals surface area contributed by atoms with Gasteiger partial charge in [-0.2, -0.15) is 16.5 Å². The van der Waals surface area contributed by atoms with Crippen molar-refractivity contribution in [1.82, 2.24) is 9.62 Å². The molecule has 1 aliphatic rings. The van der Waals surface area contributed by atoms with E-state index < -0.39 is 26.8 Å². The molecule has 0 spiro atoms. The molecule has 5 nitrogen and oxygen atoms in total. The fourth-order valence-electron chi connectivity index (χ4n) is 2.89. The summed E-state index contributed by atoms with van der Waals surface area (Å²) < 4.78 is 41.4. The van der Waals surface area contributed by atoms with Crippen LogP contribution in [0.2, 0.25) is 0 Å². The van der Waals surface area contributed by atoms with Gasteiger partial charge in [0, 0.05) is 13.1 Å². The number of thioether (sulfide) groups is 1. The molecule has 1 amide bonds. The van der Waals surface area contributed by atoms with E-state index in [9.17, 15) is 17.6 Å². The molecule has 0 aliphatic carbocycles. The van der Waals surface area contributed by atoms with Crippen LogP contribution >= 0.6 is 11.8 Å². The monoisotopic (exact) mass is 388 g/mol. The number of hydrogen-bond donors (Lipinski definition) is 1. The van der Waals surface area contributed by atoms with Gasteiger partial charge in [-0.1, -0.05) is 25.0 Å². The van der Waals surface area contributed by atoms with Gasteiger partial charge in [0.25, 0.3) is 0 Å². The average Bonchev–Trinajstić information content (AvgIpc) is 2.87. The summed E-state index contributed by atoms with van der Waals surface area (Å²) in [6, 6.07) is 4.34. The van der Waals surface area contributed by atoms with Crippen LogP contribution in [0.3, 0.4) is 0 Å². The molecule has 1 aromatic carbocycles. The molecular formula is C17H25FN2O3S2. The van der Waals surface area contributed by atoms with Gasteiger partial charge in [0.15, 0.2) is 0 Å². The summed E-state index contributed by atoms with van der Waals surface area (Å²) in [5.41, 5.74) is 0. The summed E-state index contributed by atoms with van der Waals surface area (Å²) in [7, 11) is -4.10. The largest absolute Gasteiger partial charge is 0.341 e. The molecule has 0 bridgehead atoms. The lowest BCUT2D eigenvalue weighted by Gasteiger charge is -2.26. The zero-order chi connectivity index (χ0) is 18.3. The summed E-state index contributed by atoms with van der Waals surface area (Å²) >= 11 is 1.54. The van der Waals surface area contributed by atoms with E-state index in [0.717, 1.165) is 31.7 Å². The maximum Gasteiger partial charge on any atom is 0.244 e. The number of hydrogen-bond acceptors (Lipinski definition) is 4. The minimum Gasteiger partial charge on any atom is -0.341 e. The Labute approximate surface area is 153 Å². The first-order chi connectivity index (χ1) is 12.0. The summed E-state index contributed by atoms with van der Waals surface area (Å²) in [4.78, 5) is 14.2. The summed E-state index contributed by atoms with van der Waals surface area (Å²) in [6.07, 6.45) is 6.31. The zero-order valence-electron chi connectivity index (χ0n) is 14.4. The van der Waals surface area contributed by atoms with Crippen molar-refractivity contribution in [3.8, 4) is 0 Å². The zero-order valence-corrected chi connectivity index (χ0v) is 16.0. The van der Waals surface area contributed by atoms with Crippen LogP contribution < -0.4 is 4.72 Å². The lowest BCUT2D eigenvalue weighted by molar-refractivity contribution is -0.133. The lowest BCUT2D eigenvalue weighted by Crippen LogP contribution is -2.49. The number of halogens is 1. The topological polar surface area (TPSA) is 66.5 Å². The molecule has 1 fully saturated rings. The quantitative estimate of drug-likeness (QED) is 0.780. The number of sulfonamides is 1. The Balaban J connectivity index is 2.18. The van der Waals surface area contributed by atoms with E-state index in [1.54, 1.807) is 16.7 Å². The maximum atomic E-state index is 13.9. The highest BCUT2D eigenvalue weighted by molar-refractivity contribution is 7.98. The number of nitrogens with zero attached hydrogens (tertiary/aromatic N) is 1. The number of nitrogens with one attached hydrogen (secondary N) is 1.